The van der Waals surface area contributed by atoms with E-state index in [4.69, 9.17) is 9.47 Å². The van der Waals surface area contributed by atoms with Crippen molar-refractivity contribution in [2.45, 2.75) is 26.9 Å². The molecule has 2 aromatic rings. The quantitative estimate of drug-likeness (QED) is 0.812. The Morgan fingerprint density at radius 1 is 0.917 bits per heavy atom. The SMILES string of the molecule is O=S(=O)(c1ccc(Sc2ccc3c(c2)OCCCO3)cc1)C(F)F. The molecule has 3 rings (SSSR count). The number of halogens is 2. The topological polar surface area (TPSA) is 52.6 Å². The van der Waals surface area contributed by atoms with E-state index in [2.05, 4.69) is 0 Å². The molecule has 8 heteroatoms. The highest BCUT2D eigenvalue weighted by Crippen LogP contribution is 2.36. The van der Waals surface area contributed by atoms with Crippen molar-refractivity contribution in [3.63, 3.8) is 0 Å². The molecule has 0 bridgehead atoms. The van der Waals surface area contributed by atoms with Crippen molar-refractivity contribution in [3.05, 3.63) is 42.5 Å². The van der Waals surface area contributed by atoms with Crippen LogP contribution in [0, 0.1) is 0 Å². The third-order valence-electron chi connectivity index (χ3n) is 3.34. The molecule has 0 fully saturated rings. The van der Waals surface area contributed by atoms with Gasteiger partial charge < -0.3 is 9.47 Å². The molecule has 24 heavy (non-hydrogen) atoms. The highest BCUT2D eigenvalue weighted by molar-refractivity contribution is 7.99. The van der Waals surface area contributed by atoms with E-state index in [1.807, 2.05) is 18.2 Å². The van der Waals surface area contributed by atoms with Crippen molar-refractivity contribution in [3.8, 4) is 11.5 Å². The number of rotatable bonds is 4. The lowest BCUT2D eigenvalue weighted by atomic mass is 10.3. The number of fused-ring (bicyclic) bond motifs is 1. The maximum absolute atomic E-state index is 12.5. The second-order valence-corrected chi connectivity index (χ2v) is 8.10. The smallest absolute Gasteiger partial charge is 0.341 e. The molecule has 0 spiro atoms. The Hall–Kier alpha value is -1.80. The van der Waals surface area contributed by atoms with Crippen LogP contribution in [0.1, 0.15) is 6.42 Å². The molecule has 1 aliphatic heterocycles. The first kappa shape index (κ1) is 17.0. The van der Waals surface area contributed by atoms with E-state index in [0.717, 1.165) is 16.2 Å². The lowest BCUT2D eigenvalue weighted by Crippen LogP contribution is -2.10. The van der Waals surface area contributed by atoms with Crippen molar-refractivity contribution in [1.29, 1.82) is 0 Å². The molecule has 2 aromatic carbocycles. The summed E-state index contributed by atoms with van der Waals surface area (Å²) >= 11 is 1.38. The highest BCUT2D eigenvalue weighted by Gasteiger charge is 2.26. The Morgan fingerprint density at radius 3 is 2.21 bits per heavy atom. The average Bonchev–Trinajstić information content (AvgIpc) is 2.80. The van der Waals surface area contributed by atoms with Crippen molar-refractivity contribution in [1.82, 2.24) is 0 Å². The van der Waals surface area contributed by atoms with Crippen molar-refractivity contribution >= 4 is 21.6 Å². The maximum atomic E-state index is 12.5. The van der Waals surface area contributed by atoms with E-state index in [1.165, 1.54) is 36.0 Å². The molecule has 1 heterocycles. The fraction of sp³-hybridized carbons (Fsp3) is 0.250. The Morgan fingerprint density at radius 2 is 1.54 bits per heavy atom. The number of benzene rings is 2. The second kappa shape index (κ2) is 6.98. The van der Waals surface area contributed by atoms with Gasteiger partial charge in [-0.15, -0.1) is 0 Å². The van der Waals surface area contributed by atoms with Gasteiger partial charge in [0.05, 0.1) is 18.1 Å². The van der Waals surface area contributed by atoms with E-state index in [0.29, 0.717) is 24.7 Å². The van der Waals surface area contributed by atoms with Gasteiger partial charge in [0.2, 0.25) is 9.84 Å². The van der Waals surface area contributed by atoms with Crippen molar-refractivity contribution in [2.75, 3.05) is 13.2 Å². The molecular weight excluding hydrogens is 358 g/mol. The molecule has 0 saturated heterocycles. The zero-order valence-electron chi connectivity index (χ0n) is 12.4. The predicted octanol–water partition coefficient (Wildman–Crippen LogP) is 4.00. The van der Waals surface area contributed by atoms with Crippen LogP contribution < -0.4 is 9.47 Å². The van der Waals surface area contributed by atoms with Crippen molar-refractivity contribution < 1.29 is 26.7 Å². The van der Waals surface area contributed by atoms with Crippen LogP contribution in [0.4, 0.5) is 8.78 Å². The molecule has 0 saturated carbocycles. The monoisotopic (exact) mass is 372 g/mol. The summed E-state index contributed by atoms with van der Waals surface area (Å²) in [5, 5.41) is 0. The number of hydrogen-bond acceptors (Lipinski definition) is 5. The van der Waals surface area contributed by atoms with E-state index in [-0.39, 0.29) is 4.90 Å². The number of ether oxygens (including phenoxy) is 2. The summed E-state index contributed by atoms with van der Waals surface area (Å²) < 4.78 is 59.0. The highest BCUT2D eigenvalue weighted by atomic mass is 32.2. The number of hydrogen-bond donors (Lipinski definition) is 0. The minimum atomic E-state index is -4.56. The molecule has 128 valence electrons. The van der Waals surface area contributed by atoms with E-state index < -0.39 is 15.6 Å². The standard InChI is InChI=1S/C16H14F2O4S2/c17-16(18)24(19,20)13-5-2-11(3-6-13)23-12-4-7-14-15(10-12)22-9-1-8-21-14/h2-7,10,16H,1,8-9H2. The van der Waals surface area contributed by atoms with E-state index in [1.54, 1.807) is 0 Å². The third-order valence-corrected chi connectivity index (χ3v) is 5.74. The van der Waals surface area contributed by atoms with Crippen LogP contribution in [0.2, 0.25) is 0 Å². The second-order valence-electron chi connectivity index (χ2n) is 5.04. The third kappa shape index (κ3) is 3.64. The molecule has 0 aromatic heterocycles. The van der Waals surface area contributed by atoms with E-state index >= 15 is 0 Å². The molecule has 1 aliphatic rings. The summed E-state index contributed by atoms with van der Waals surface area (Å²) in [7, 11) is -4.56. The number of alkyl halides is 2. The molecule has 0 aliphatic carbocycles. The Balaban J connectivity index is 1.78. The van der Waals surface area contributed by atoms with Crippen LogP contribution in [0.15, 0.2) is 57.2 Å². The minimum absolute atomic E-state index is 0.388. The Bertz CT molecular complexity index is 820. The van der Waals surface area contributed by atoms with Gasteiger partial charge in [0, 0.05) is 16.2 Å². The first-order chi connectivity index (χ1) is 11.5. The van der Waals surface area contributed by atoms with Gasteiger partial charge in [-0.25, -0.2) is 8.42 Å². The Kier molecular flexibility index (Phi) is 4.96. The van der Waals surface area contributed by atoms with Crippen LogP contribution in [0.3, 0.4) is 0 Å². The first-order valence-electron chi connectivity index (χ1n) is 7.16. The minimum Gasteiger partial charge on any atom is -0.490 e. The fourth-order valence-corrected chi connectivity index (χ4v) is 3.71. The summed E-state index contributed by atoms with van der Waals surface area (Å²) in [6, 6.07) is 10.9. The first-order valence-corrected chi connectivity index (χ1v) is 9.53. The summed E-state index contributed by atoms with van der Waals surface area (Å²) in [6.07, 6.45) is 0.817. The van der Waals surface area contributed by atoms with Crippen LogP contribution in [0.5, 0.6) is 11.5 Å². The summed E-state index contributed by atoms with van der Waals surface area (Å²) in [5.41, 5.74) is 0. The number of sulfone groups is 1. The van der Waals surface area contributed by atoms with Crippen LogP contribution >= 0.6 is 11.8 Å². The van der Waals surface area contributed by atoms with Gasteiger partial charge in [0.15, 0.2) is 11.5 Å². The van der Waals surface area contributed by atoms with Gasteiger partial charge >= 0.3 is 5.76 Å². The predicted molar refractivity (Wildman–Crippen MR) is 85.8 cm³/mol. The van der Waals surface area contributed by atoms with Gasteiger partial charge in [-0.1, -0.05) is 11.8 Å². The molecule has 0 unspecified atom stereocenters. The lowest BCUT2D eigenvalue weighted by Gasteiger charge is -2.09. The molecule has 0 N–H and O–H groups in total. The summed E-state index contributed by atoms with van der Waals surface area (Å²) in [4.78, 5) is 1.22. The van der Waals surface area contributed by atoms with Crippen molar-refractivity contribution in [2.24, 2.45) is 0 Å². The molecular formula is C16H14F2O4S2. The van der Waals surface area contributed by atoms with Gasteiger partial charge in [-0.2, -0.15) is 8.78 Å². The van der Waals surface area contributed by atoms with E-state index in [9.17, 15) is 17.2 Å². The maximum Gasteiger partial charge on any atom is 0.341 e. The fourth-order valence-electron chi connectivity index (χ4n) is 2.14. The zero-order valence-corrected chi connectivity index (χ0v) is 14.1. The summed E-state index contributed by atoms with van der Waals surface area (Å²) in [6.45, 7) is 1.20. The summed E-state index contributed by atoms with van der Waals surface area (Å²) in [5.74, 6) is -2.07. The van der Waals surface area contributed by atoms with Gasteiger partial charge in [-0.05, 0) is 42.5 Å². The van der Waals surface area contributed by atoms with Gasteiger partial charge in [0.1, 0.15) is 0 Å². The van der Waals surface area contributed by atoms with Gasteiger partial charge in [0.25, 0.3) is 0 Å². The van der Waals surface area contributed by atoms with Crippen LogP contribution in [-0.4, -0.2) is 27.4 Å². The van der Waals surface area contributed by atoms with Crippen LogP contribution in [-0.2, 0) is 9.84 Å². The zero-order chi connectivity index (χ0) is 17.2. The van der Waals surface area contributed by atoms with Crippen LogP contribution in [0.25, 0.3) is 0 Å². The molecule has 0 amide bonds. The molecule has 0 radical (unpaired) electrons. The lowest BCUT2D eigenvalue weighted by molar-refractivity contribution is 0.234. The molecule has 0 atom stereocenters. The van der Waals surface area contributed by atoms with Gasteiger partial charge in [-0.3, -0.25) is 0 Å². The largest absolute Gasteiger partial charge is 0.490 e. The average molecular weight is 372 g/mol. The Labute approximate surface area is 142 Å². The molecule has 4 nitrogen and oxygen atoms in total. The normalized spacial score (nSPS) is 14.5.